The third kappa shape index (κ3) is 21.4. The van der Waals surface area contributed by atoms with Crippen molar-refractivity contribution < 1.29 is 9.06 Å². The first-order chi connectivity index (χ1) is 22.5. The Morgan fingerprint density at radius 2 is 0.674 bits per heavy atom. The van der Waals surface area contributed by atoms with Crippen molar-refractivity contribution in [1.82, 2.24) is 0 Å². The van der Waals surface area contributed by atoms with E-state index in [1.807, 2.05) is 0 Å². The molecule has 0 spiro atoms. The van der Waals surface area contributed by atoms with Crippen molar-refractivity contribution in [2.45, 2.75) is 247 Å². The first-order valence-corrected chi connectivity index (χ1v) is 21.7. The van der Waals surface area contributed by atoms with Crippen LogP contribution in [0.1, 0.15) is 241 Å². The molecule has 1 atom stereocenters. The molecule has 0 radical (unpaired) electrons. The van der Waals surface area contributed by atoms with Crippen molar-refractivity contribution in [1.29, 1.82) is 0 Å². The van der Waals surface area contributed by atoms with Crippen LogP contribution in [0.15, 0.2) is 12.4 Å². The molecular formula is C44H88N2+2. The number of unbranched alkanes of at least 4 members (excludes halogenated alkanes) is 29. The van der Waals surface area contributed by atoms with E-state index in [0.29, 0.717) is 12.0 Å². The Hall–Kier alpha value is -0.630. The second-order valence-electron chi connectivity index (χ2n) is 16.0. The molecule has 2 heteroatoms. The minimum absolute atomic E-state index is 0.556. The maximum atomic E-state index is 2.61. The van der Waals surface area contributed by atoms with Gasteiger partial charge in [-0.25, -0.2) is 4.48 Å². The Morgan fingerprint density at radius 3 is 0.913 bits per heavy atom. The molecule has 0 aromatic rings. The van der Waals surface area contributed by atoms with Crippen LogP contribution in [0.3, 0.4) is 0 Å². The van der Waals surface area contributed by atoms with Gasteiger partial charge in [-0.1, -0.05) is 187 Å². The van der Waals surface area contributed by atoms with E-state index in [0.717, 1.165) is 4.48 Å². The van der Waals surface area contributed by atoms with Crippen LogP contribution in [-0.4, -0.2) is 34.0 Å². The largest absolute Gasteiger partial charge is 0.351 e. The van der Waals surface area contributed by atoms with Gasteiger partial charge in [-0.05, 0) is 53.4 Å². The van der Waals surface area contributed by atoms with Crippen LogP contribution in [0.5, 0.6) is 0 Å². The average Bonchev–Trinajstić information content (AvgIpc) is 3.43. The Balaban J connectivity index is 2.23. The predicted octanol–water partition coefficient (Wildman–Crippen LogP) is 14.9. The summed E-state index contributed by atoms with van der Waals surface area (Å²) in [6, 6.07) is 0.556. The molecule has 2 nitrogen and oxygen atoms in total. The van der Waals surface area contributed by atoms with Crippen LogP contribution in [0, 0.1) is 5.92 Å². The van der Waals surface area contributed by atoms with Gasteiger partial charge in [0.05, 0.1) is 19.0 Å². The lowest BCUT2D eigenvalue weighted by atomic mass is 10.0. The fraction of sp³-hybridized carbons (Fsp3) is 0.932. The fourth-order valence-corrected chi connectivity index (χ4v) is 8.03. The summed E-state index contributed by atoms with van der Waals surface area (Å²) in [6.45, 7) is 16.9. The Kier molecular flexibility index (Phi) is 28.7. The first kappa shape index (κ1) is 43.4. The van der Waals surface area contributed by atoms with E-state index in [-0.39, 0.29) is 0 Å². The van der Waals surface area contributed by atoms with Gasteiger partial charge in [0.1, 0.15) is 0 Å². The van der Waals surface area contributed by atoms with Crippen molar-refractivity contribution in [3.05, 3.63) is 12.4 Å². The maximum absolute atomic E-state index is 2.61. The summed E-state index contributed by atoms with van der Waals surface area (Å²) in [5, 5.41) is 0. The lowest BCUT2D eigenvalue weighted by Crippen LogP contribution is -2.52. The van der Waals surface area contributed by atoms with E-state index in [4.69, 9.17) is 0 Å². The summed E-state index contributed by atoms with van der Waals surface area (Å²) in [6.07, 6.45) is 49.9. The molecule has 0 bridgehead atoms. The van der Waals surface area contributed by atoms with Gasteiger partial charge in [0.15, 0.2) is 12.2 Å². The highest BCUT2D eigenvalue weighted by atomic mass is 15.4. The highest BCUT2D eigenvalue weighted by molar-refractivity contribution is 5.74. The Morgan fingerprint density at radius 1 is 0.413 bits per heavy atom. The van der Waals surface area contributed by atoms with Gasteiger partial charge in [-0.2, -0.15) is 0 Å². The second-order valence-corrected chi connectivity index (χ2v) is 16.0. The summed E-state index contributed by atoms with van der Waals surface area (Å²) in [5.74, 6) is 2.27. The molecule has 46 heavy (non-hydrogen) atoms. The molecule has 0 aromatic carbocycles. The summed E-state index contributed by atoms with van der Waals surface area (Å²) in [4.78, 5) is 0. The fourth-order valence-electron chi connectivity index (χ4n) is 8.03. The minimum atomic E-state index is 0.556. The minimum Gasteiger partial charge on any atom is -0.209 e. The van der Waals surface area contributed by atoms with Crippen LogP contribution in [0.2, 0.25) is 0 Å². The standard InChI is InChI=1S/C44H88N2/c1-7-9-11-13-15-17-19-21-23-25-27-29-31-33-35-37-40-46(41-38-45(43(5)6)44(46)42(3)4)39-36-34-32-30-28-26-24-22-20-18-16-14-12-10-8-2/h38,41-43H,7-37,39-40H2,1-6H3/q+2. The highest BCUT2D eigenvalue weighted by Gasteiger charge is 2.46. The molecule has 0 aliphatic carbocycles. The van der Waals surface area contributed by atoms with Gasteiger partial charge in [-0.3, -0.25) is 0 Å². The molecule has 0 saturated heterocycles. The molecule has 1 unspecified atom stereocenters. The summed E-state index contributed by atoms with van der Waals surface area (Å²) in [7, 11) is 0. The van der Waals surface area contributed by atoms with Gasteiger partial charge >= 0.3 is 5.84 Å². The van der Waals surface area contributed by atoms with Crippen LogP contribution in [-0.2, 0) is 0 Å². The lowest BCUT2D eigenvalue weighted by molar-refractivity contribution is -0.803. The predicted molar refractivity (Wildman–Crippen MR) is 209 cm³/mol. The van der Waals surface area contributed by atoms with Crippen molar-refractivity contribution in [3.8, 4) is 0 Å². The smallest absolute Gasteiger partial charge is 0.209 e. The van der Waals surface area contributed by atoms with Gasteiger partial charge in [0, 0.05) is 0 Å². The van der Waals surface area contributed by atoms with Gasteiger partial charge < -0.3 is 0 Å². The number of hydrogen-bond donors (Lipinski definition) is 0. The zero-order chi connectivity index (χ0) is 33.6. The molecule has 272 valence electrons. The van der Waals surface area contributed by atoms with E-state index in [1.54, 1.807) is 5.84 Å². The second kappa shape index (κ2) is 30.4. The molecule has 1 aliphatic heterocycles. The quantitative estimate of drug-likeness (QED) is 0.0367. The van der Waals surface area contributed by atoms with Crippen LogP contribution >= 0.6 is 0 Å². The monoisotopic (exact) mass is 645 g/mol. The SMILES string of the molecule is CCCCCCCCCCCCCCCCCC[N+]1(CCCCCCCCCCCCCCCCC)C=C[N+](C(C)C)=C1C(C)C. The van der Waals surface area contributed by atoms with Crippen molar-refractivity contribution in [2.24, 2.45) is 5.92 Å². The zero-order valence-corrected chi connectivity index (χ0v) is 33.0. The molecule has 1 rings (SSSR count). The molecule has 0 aromatic heterocycles. The third-order valence-electron chi connectivity index (χ3n) is 10.9. The van der Waals surface area contributed by atoms with Crippen molar-refractivity contribution >= 4 is 5.84 Å². The third-order valence-corrected chi connectivity index (χ3v) is 10.9. The van der Waals surface area contributed by atoms with E-state index in [9.17, 15) is 0 Å². The van der Waals surface area contributed by atoms with Crippen molar-refractivity contribution in [2.75, 3.05) is 13.1 Å². The molecule has 0 N–H and O–H groups in total. The summed E-state index contributed by atoms with van der Waals surface area (Å²) >= 11 is 0. The van der Waals surface area contributed by atoms with Crippen LogP contribution < -0.4 is 0 Å². The Bertz CT molecular complexity index is 719. The average molecular weight is 645 g/mol. The van der Waals surface area contributed by atoms with Crippen LogP contribution in [0.25, 0.3) is 0 Å². The van der Waals surface area contributed by atoms with Gasteiger partial charge in [-0.15, -0.1) is 4.58 Å². The molecule has 0 amide bonds. The van der Waals surface area contributed by atoms with E-state index in [2.05, 4.69) is 58.5 Å². The molecule has 1 aliphatic rings. The van der Waals surface area contributed by atoms with Crippen LogP contribution in [0.4, 0.5) is 0 Å². The zero-order valence-electron chi connectivity index (χ0n) is 33.0. The van der Waals surface area contributed by atoms with Gasteiger partial charge in [0.2, 0.25) is 6.20 Å². The highest BCUT2D eigenvalue weighted by Crippen LogP contribution is 2.27. The molecule has 0 fully saturated rings. The summed E-state index contributed by atoms with van der Waals surface area (Å²) < 4.78 is 3.76. The molecule has 0 saturated carbocycles. The normalized spacial score (nSPS) is 16.6. The van der Waals surface area contributed by atoms with E-state index >= 15 is 0 Å². The number of quaternary nitrogens is 1. The summed E-state index contributed by atoms with van der Waals surface area (Å²) in [5.41, 5.74) is 0. The topological polar surface area (TPSA) is 3.01 Å². The molecular weight excluding hydrogens is 556 g/mol. The van der Waals surface area contributed by atoms with Gasteiger partial charge in [0.25, 0.3) is 0 Å². The number of amidine groups is 1. The number of rotatable bonds is 35. The Labute approximate surface area is 292 Å². The lowest BCUT2D eigenvalue weighted by Gasteiger charge is -2.31. The van der Waals surface area contributed by atoms with Crippen molar-refractivity contribution in [3.63, 3.8) is 0 Å². The van der Waals surface area contributed by atoms with E-state index in [1.165, 1.54) is 212 Å². The maximum Gasteiger partial charge on any atom is 0.351 e. The first-order valence-electron chi connectivity index (χ1n) is 21.7. The number of nitrogens with zero attached hydrogens (tertiary/aromatic N) is 2. The van der Waals surface area contributed by atoms with E-state index < -0.39 is 0 Å². The molecule has 1 heterocycles. The number of hydrogen-bond acceptors (Lipinski definition) is 0.